The summed E-state index contributed by atoms with van der Waals surface area (Å²) < 4.78 is 44.9. The molecular weight excluding hydrogens is 341 g/mol. The van der Waals surface area contributed by atoms with Crippen LogP contribution < -0.4 is 5.32 Å². The number of rotatable bonds is 5. The van der Waals surface area contributed by atoms with E-state index in [0.717, 1.165) is 18.9 Å². The smallest absolute Gasteiger partial charge is 0.418 e. The maximum Gasteiger partial charge on any atom is 0.418 e. The predicted octanol–water partition coefficient (Wildman–Crippen LogP) is 5.14. The highest BCUT2D eigenvalue weighted by Gasteiger charge is 2.34. The molecule has 0 aliphatic heterocycles. The van der Waals surface area contributed by atoms with Crippen molar-refractivity contribution in [1.29, 1.82) is 0 Å². The van der Waals surface area contributed by atoms with Crippen LogP contribution in [-0.2, 0) is 6.18 Å². The molecule has 1 heterocycles. The van der Waals surface area contributed by atoms with Crippen LogP contribution in [0.4, 0.5) is 18.9 Å². The Morgan fingerprint density at radius 3 is 2.67 bits per heavy atom. The Kier molecular flexibility index (Phi) is 5.58. The van der Waals surface area contributed by atoms with Gasteiger partial charge in [0.2, 0.25) is 5.76 Å². The molecule has 2 rings (SSSR count). The lowest BCUT2D eigenvalue weighted by Crippen LogP contribution is -2.17. The summed E-state index contributed by atoms with van der Waals surface area (Å²) in [6.07, 6.45) is -2.67. The highest BCUT2D eigenvalue weighted by molar-refractivity contribution is 7.99. The van der Waals surface area contributed by atoms with Gasteiger partial charge < -0.3 is 9.73 Å². The first-order valence-electron chi connectivity index (χ1n) is 7.31. The van der Waals surface area contributed by atoms with Crippen molar-refractivity contribution < 1.29 is 22.4 Å². The Labute approximate surface area is 141 Å². The molecule has 0 saturated heterocycles. The quantitative estimate of drug-likeness (QED) is 0.752. The minimum Gasteiger partial charge on any atom is -0.438 e. The summed E-state index contributed by atoms with van der Waals surface area (Å²) in [5.74, 6) is -0.876. The molecule has 0 aliphatic carbocycles. The number of hydrogen-bond acceptors (Lipinski definition) is 4. The van der Waals surface area contributed by atoms with Crippen molar-refractivity contribution >= 4 is 23.4 Å². The highest BCUT2D eigenvalue weighted by Crippen LogP contribution is 2.38. The number of benzene rings is 1. The van der Waals surface area contributed by atoms with Crippen LogP contribution in [0.25, 0.3) is 0 Å². The minimum absolute atomic E-state index is 0.110. The Hall–Kier alpha value is -1.96. The number of nitrogens with one attached hydrogen (secondary N) is 1. The van der Waals surface area contributed by atoms with Crippen molar-refractivity contribution in [3.05, 3.63) is 41.6 Å². The van der Waals surface area contributed by atoms with E-state index >= 15 is 0 Å². The second kappa shape index (κ2) is 7.29. The predicted molar refractivity (Wildman–Crippen MR) is 86.2 cm³/mol. The van der Waals surface area contributed by atoms with Gasteiger partial charge in [-0.2, -0.15) is 13.2 Å². The first kappa shape index (κ1) is 18.4. The maximum absolute atomic E-state index is 13.3. The molecule has 130 valence electrons. The van der Waals surface area contributed by atoms with Crippen LogP contribution in [0.5, 0.6) is 0 Å². The fourth-order valence-corrected chi connectivity index (χ4v) is 2.92. The van der Waals surface area contributed by atoms with E-state index < -0.39 is 17.6 Å². The van der Waals surface area contributed by atoms with Crippen molar-refractivity contribution in [3.63, 3.8) is 0 Å². The summed E-state index contributed by atoms with van der Waals surface area (Å²) in [7, 11) is 0. The number of halogens is 3. The van der Waals surface area contributed by atoms with Crippen LogP contribution in [0.15, 0.2) is 33.9 Å². The largest absolute Gasteiger partial charge is 0.438 e. The van der Waals surface area contributed by atoms with E-state index in [0.29, 0.717) is 10.6 Å². The van der Waals surface area contributed by atoms with Gasteiger partial charge >= 0.3 is 6.18 Å². The molecule has 8 heteroatoms. The molecule has 0 radical (unpaired) electrons. The third-order valence-electron chi connectivity index (χ3n) is 3.41. The van der Waals surface area contributed by atoms with Gasteiger partial charge in [0.1, 0.15) is 0 Å². The standard InChI is InChI=1S/C16H17F3N2O2S/c1-4-9(2)24-11-5-6-13(12(7-11)16(17,18)19)21-15(22)14-10(3)20-8-23-14/h5-9H,4H2,1-3H3,(H,21,22)/t9-/m1/s1. The number of thioether (sulfide) groups is 1. The van der Waals surface area contributed by atoms with Gasteiger partial charge in [-0.3, -0.25) is 4.79 Å². The molecular formula is C16H17F3N2O2S. The van der Waals surface area contributed by atoms with Gasteiger partial charge in [-0.25, -0.2) is 4.98 Å². The molecule has 1 aromatic heterocycles. The van der Waals surface area contributed by atoms with Crippen LogP contribution in [0, 0.1) is 6.92 Å². The Bertz CT molecular complexity index is 728. The van der Waals surface area contributed by atoms with Crippen LogP contribution >= 0.6 is 11.8 Å². The molecule has 1 atom stereocenters. The maximum atomic E-state index is 13.3. The van der Waals surface area contributed by atoms with Gasteiger partial charge in [-0.05, 0) is 31.5 Å². The Morgan fingerprint density at radius 1 is 1.42 bits per heavy atom. The summed E-state index contributed by atoms with van der Waals surface area (Å²) in [6.45, 7) is 5.45. The molecule has 1 N–H and O–H groups in total. The lowest BCUT2D eigenvalue weighted by Gasteiger charge is -2.16. The Balaban J connectivity index is 2.32. The van der Waals surface area contributed by atoms with E-state index in [2.05, 4.69) is 10.3 Å². The molecule has 4 nitrogen and oxygen atoms in total. The first-order chi connectivity index (χ1) is 11.2. The molecule has 0 saturated carbocycles. The molecule has 0 aliphatic rings. The summed E-state index contributed by atoms with van der Waals surface area (Å²) in [6, 6.07) is 3.88. The van der Waals surface area contributed by atoms with Gasteiger partial charge in [0, 0.05) is 10.1 Å². The number of carbonyl (C=O) groups is 1. The summed E-state index contributed by atoms with van der Waals surface area (Å²) in [5.41, 5.74) is -0.886. The lowest BCUT2D eigenvalue weighted by molar-refractivity contribution is -0.137. The van der Waals surface area contributed by atoms with Crippen molar-refractivity contribution in [1.82, 2.24) is 4.98 Å². The molecule has 2 aromatic rings. The highest BCUT2D eigenvalue weighted by atomic mass is 32.2. The topological polar surface area (TPSA) is 55.1 Å². The van der Waals surface area contributed by atoms with Crippen LogP contribution in [0.1, 0.15) is 42.1 Å². The van der Waals surface area contributed by atoms with Crippen LogP contribution in [0.3, 0.4) is 0 Å². The molecule has 1 amide bonds. The van der Waals surface area contributed by atoms with Gasteiger partial charge in [0.25, 0.3) is 5.91 Å². The zero-order chi connectivity index (χ0) is 17.9. The number of aryl methyl sites for hydroxylation is 1. The van der Waals surface area contributed by atoms with E-state index in [1.807, 2.05) is 13.8 Å². The normalized spacial score (nSPS) is 12.9. The fourth-order valence-electron chi connectivity index (χ4n) is 1.95. The average Bonchev–Trinajstić information content (AvgIpc) is 2.93. The summed E-state index contributed by atoms with van der Waals surface area (Å²) >= 11 is 1.36. The number of alkyl halides is 3. The number of aromatic nitrogens is 1. The summed E-state index contributed by atoms with van der Waals surface area (Å²) in [4.78, 5) is 16.3. The van der Waals surface area contributed by atoms with E-state index in [1.165, 1.54) is 24.8 Å². The Morgan fingerprint density at radius 2 is 2.12 bits per heavy atom. The fraction of sp³-hybridized carbons (Fsp3) is 0.375. The SMILES string of the molecule is CC[C@@H](C)Sc1ccc(NC(=O)c2ocnc2C)c(C(F)(F)F)c1. The van der Waals surface area contributed by atoms with Crippen molar-refractivity contribution in [2.24, 2.45) is 0 Å². The lowest BCUT2D eigenvalue weighted by atomic mass is 10.1. The zero-order valence-corrected chi connectivity index (χ0v) is 14.2. The van der Waals surface area contributed by atoms with Crippen molar-refractivity contribution in [2.45, 2.75) is 43.5 Å². The van der Waals surface area contributed by atoms with Gasteiger partial charge in [0.05, 0.1) is 16.9 Å². The molecule has 0 spiro atoms. The van der Waals surface area contributed by atoms with E-state index in [4.69, 9.17) is 4.42 Å². The molecule has 1 aromatic carbocycles. The number of hydrogen-bond donors (Lipinski definition) is 1. The van der Waals surface area contributed by atoms with E-state index in [-0.39, 0.29) is 16.7 Å². The average molecular weight is 358 g/mol. The third kappa shape index (κ3) is 4.31. The number of amides is 1. The van der Waals surface area contributed by atoms with E-state index in [9.17, 15) is 18.0 Å². The van der Waals surface area contributed by atoms with Crippen molar-refractivity contribution in [3.8, 4) is 0 Å². The van der Waals surface area contributed by atoms with Crippen LogP contribution in [-0.4, -0.2) is 16.1 Å². The number of anilines is 1. The van der Waals surface area contributed by atoms with Gasteiger partial charge in [-0.1, -0.05) is 13.8 Å². The minimum atomic E-state index is -4.58. The number of oxazole rings is 1. The third-order valence-corrected chi connectivity index (χ3v) is 4.67. The van der Waals surface area contributed by atoms with Crippen molar-refractivity contribution in [2.75, 3.05) is 5.32 Å². The second-order valence-corrected chi connectivity index (χ2v) is 6.77. The first-order valence-corrected chi connectivity index (χ1v) is 8.19. The van der Waals surface area contributed by atoms with E-state index in [1.54, 1.807) is 6.07 Å². The monoisotopic (exact) mass is 358 g/mol. The molecule has 24 heavy (non-hydrogen) atoms. The zero-order valence-electron chi connectivity index (χ0n) is 13.4. The molecule has 0 fully saturated rings. The van der Waals surface area contributed by atoms with Crippen LogP contribution in [0.2, 0.25) is 0 Å². The molecule has 0 unspecified atom stereocenters. The summed E-state index contributed by atoms with van der Waals surface area (Å²) in [5, 5.41) is 2.45. The van der Waals surface area contributed by atoms with Gasteiger partial charge in [-0.15, -0.1) is 11.8 Å². The number of carbonyl (C=O) groups excluding carboxylic acids is 1. The molecule has 0 bridgehead atoms. The second-order valence-electron chi connectivity index (χ2n) is 5.26. The number of nitrogens with zero attached hydrogens (tertiary/aromatic N) is 1. The van der Waals surface area contributed by atoms with Gasteiger partial charge in [0.15, 0.2) is 6.39 Å².